The maximum absolute atomic E-state index is 12.3. The van der Waals surface area contributed by atoms with Crippen LogP contribution in [0.5, 0.6) is 0 Å². The molecule has 1 heterocycles. The summed E-state index contributed by atoms with van der Waals surface area (Å²) < 4.78 is 0.904. The number of carbonyl (C=O) groups is 2. The van der Waals surface area contributed by atoms with E-state index in [-0.39, 0.29) is 11.8 Å². The highest BCUT2D eigenvalue weighted by atomic mass is 79.9. The lowest BCUT2D eigenvalue weighted by atomic mass is 10.1. The molecule has 19 heavy (non-hydrogen) atoms. The van der Waals surface area contributed by atoms with Gasteiger partial charge in [0.1, 0.15) is 5.92 Å². The van der Waals surface area contributed by atoms with Crippen molar-refractivity contribution in [3.63, 3.8) is 0 Å². The molecule has 0 radical (unpaired) electrons. The van der Waals surface area contributed by atoms with E-state index < -0.39 is 5.92 Å². The topological polar surface area (TPSA) is 49.9 Å². The lowest BCUT2D eigenvalue weighted by molar-refractivity contribution is -0.173. The normalized spacial score (nSPS) is 18.8. The first-order valence-electron chi connectivity index (χ1n) is 5.93. The van der Waals surface area contributed by atoms with E-state index in [4.69, 9.17) is 4.84 Å². The molecular weight excluding hydrogens is 312 g/mol. The van der Waals surface area contributed by atoms with Crippen molar-refractivity contribution in [3.8, 4) is 0 Å². The number of rotatable bonds is 3. The Morgan fingerprint density at radius 1 is 1.53 bits per heavy atom. The quantitative estimate of drug-likeness (QED) is 0.629. The molecule has 6 heteroatoms. The van der Waals surface area contributed by atoms with Gasteiger partial charge >= 0.3 is 0 Å². The summed E-state index contributed by atoms with van der Waals surface area (Å²) in [5.74, 6) is -1.12. The molecule has 2 rings (SSSR count). The van der Waals surface area contributed by atoms with Crippen LogP contribution in [0.2, 0.25) is 0 Å². The van der Waals surface area contributed by atoms with E-state index in [1.807, 2.05) is 24.3 Å². The highest BCUT2D eigenvalue weighted by Gasteiger charge is 2.39. The fourth-order valence-corrected chi connectivity index (χ4v) is 2.51. The molecule has 0 bridgehead atoms. The van der Waals surface area contributed by atoms with Gasteiger partial charge < -0.3 is 4.90 Å². The molecule has 1 fully saturated rings. The van der Waals surface area contributed by atoms with Crippen LogP contribution < -0.4 is 4.90 Å². The summed E-state index contributed by atoms with van der Waals surface area (Å²) in [6.45, 7) is 0.545. The Kier molecular flexibility index (Phi) is 4.21. The van der Waals surface area contributed by atoms with Crippen LogP contribution in [0.4, 0.5) is 5.69 Å². The summed E-state index contributed by atoms with van der Waals surface area (Å²) in [6, 6.07) is 7.48. The molecule has 0 spiro atoms. The SMILES string of the molecule is CON(C)C(=O)[C@H]1CCN(c2cccc(Br)c2)C1=O. The van der Waals surface area contributed by atoms with Crippen molar-refractivity contribution >= 4 is 33.4 Å². The molecule has 1 atom stereocenters. The van der Waals surface area contributed by atoms with Gasteiger partial charge in [0.25, 0.3) is 5.91 Å². The van der Waals surface area contributed by atoms with Crippen molar-refractivity contribution in [3.05, 3.63) is 28.7 Å². The second-order valence-corrected chi connectivity index (χ2v) is 5.24. The summed E-state index contributed by atoms with van der Waals surface area (Å²) in [7, 11) is 2.92. The first-order valence-corrected chi connectivity index (χ1v) is 6.72. The summed E-state index contributed by atoms with van der Waals surface area (Å²) in [6.07, 6.45) is 0.512. The van der Waals surface area contributed by atoms with Gasteiger partial charge in [-0.3, -0.25) is 14.4 Å². The Balaban J connectivity index is 2.16. The third kappa shape index (κ3) is 2.79. The average Bonchev–Trinajstić information content (AvgIpc) is 2.78. The molecule has 2 amide bonds. The standard InChI is InChI=1S/C13H15BrN2O3/c1-15(19-2)12(17)11-6-7-16(13(11)18)10-5-3-4-9(14)8-10/h3-5,8,11H,6-7H2,1-2H3/t11-/m1/s1. The minimum absolute atomic E-state index is 0.174. The van der Waals surface area contributed by atoms with Gasteiger partial charge in [-0.05, 0) is 24.6 Å². The second-order valence-electron chi connectivity index (χ2n) is 4.33. The third-order valence-electron chi connectivity index (χ3n) is 3.21. The minimum Gasteiger partial charge on any atom is -0.312 e. The van der Waals surface area contributed by atoms with Crippen molar-refractivity contribution in [2.75, 3.05) is 25.6 Å². The van der Waals surface area contributed by atoms with E-state index in [1.54, 1.807) is 4.90 Å². The van der Waals surface area contributed by atoms with Crippen LogP contribution in [-0.4, -0.2) is 37.6 Å². The summed E-state index contributed by atoms with van der Waals surface area (Å²) >= 11 is 3.37. The fourth-order valence-electron chi connectivity index (χ4n) is 2.12. The third-order valence-corrected chi connectivity index (χ3v) is 3.70. The zero-order valence-electron chi connectivity index (χ0n) is 10.8. The number of carbonyl (C=O) groups excluding carboxylic acids is 2. The molecule has 0 unspecified atom stereocenters. The van der Waals surface area contributed by atoms with Gasteiger partial charge in [-0.2, -0.15) is 0 Å². The molecule has 1 aromatic rings. The zero-order chi connectivity index (χ0) is 14.0. The number of nitrogens with zero attached hydrogens (tertiary/aromatic N) is 2. The second kappa shape index (κ2) is 5.71. The summed E-state index contributed by atoms with van der Waals surface area (Å²) in [5, 5.41) is 1.10. The molecule has 102 valence electrons. The van der Waals surface area contributed by atoms with Crippen molar-refractivity contribution < 1.29 is 14.4 Å². The molecule has 0 aliphatic carbocycles. The van der Waals surface area contributed by atoms with Crippen molar-refractivity contribution in [1.82, 2.24) is 5.06 Å². The lowest BCUT2D eigenvalue weighted by Crippen LogP contribution is -2.37. The van der Waals surface area contributed by atoms with E-state index in [9.17, 15) is 9.59 Å². The van der Waals surface area contributed by atoms with E-state index in [1.165, 1.54) is 14.2 Å². The van der Waals surface area contributed by atoms with Crippen LogP contribution in [0, 0.1) is 5.92 Å². The van der Waals surface area contributed by atoms with Crippen LogP contribution in [0.15, 0.2) is 28.7 Å². The fraction of sp³-hybridized carbons (Fsp3) is 0.385. The number of hydrogen-bond acceptors (Lipinski definition) is 3. The number of hydroxylamine groups is 2. The summed E-state index contributed by atoms with van der Waals surface area (Å²) in [5.41, 5.74) is 0.801. The Morgan fingerprint density at radius 2 is 2.26 bits per heavy atom. The molecule has 0 aromatic heterocycles. The molecule has 1 saturated heterocycles. The zero-order valence-corrected chi connectivity index (χ0v) is 12.4. The van der Waals surface area contributed by atoms with E-state index in [0.717, 1.165) is 15.2 Å². The van der Waals surface area contributed by atoms with Crippen molar-refractivity contribution in [1.29, 1.82) is 0 Å². The maximum atomic E-state index is 12.3. The number of amides is 2. The average molecular weight is 327 g/mol. The highest BCUT2D eigenvalue weighted by molar-refractivity contribution is 9.10. The Morgan fingerprint density at radius 3 is 2.89 bits per heavy atom. The Hall–Kier alpha value is -1.40. The van der Waals surface area contributed by atoms with Gasteiger partial charge in [-0.1, -0.05) is 22.0 Å². The molecular formula is C13H15BrN2O3. The van der Waals surface area contributed by atoms with Crippen LogP contribution in [0.3, 0.4) is 0 Å². The largest absolute Gasteiger partial charge is 0.312 e. The number of halogens is 1. The van der Waals surface area contributed by atoms with Crippen LogP contribution in [0.25, 0.3) is 0 Å². The van der Waals surface area contributed by atoms with Gasteiger partial charge in [0.05, 0.1) is 7.11 Å². The van der Waals surface area contributed by atoms with Gasteiger partial charge in [0.15, 0.2) is 0 Å². The van der Waals surface area contributed by atoms with E-state index >= 15 is 0 Å². The monoisotopic (exact) mass is 326 g/mol. The minimum atomic E-state index is -0.649. The van der Waals surface area contributed by atoms with Gasteiger partial charge in [-0.15, -0.1) is 0 Å². The Bertz CT molecular complexity index is 506. The van der Waals surface area contributed by atoms with Crippen LogP contribution in [0.1, 0.15) is 6.42 Å². The first kappa shape index (κ1) is 14.0. The maximum Gasteiger partial charge on any atom is 0.258 e. The number of hydrogen-bond donors (Lipinski definition) is 0. The smallest absolute Gasteiger partial charge is 0.258 e. The predicted octanol–water partition coefficient (Wildman–Crippen LogP) is 1.82. The van der Waals surface area contributed by atoms with Crippen LogP contribution in [-0.2, 0) is 14.4 Å². The van der Waals surface area contributed by atoms with E-state index in [0.29, 0.717) is 13.0 Å². The van der Waals surface area contributed by atoms with Crippen molar-refractivity contribution in [2.45, 2.75) is 6.42 Å². The molecule has 1 aromatic carbocycles. The van der Waals surface area contributed by atoms with Gasteiger partial charge in [0.2, 0.25) is 5.91 Å². The molecule has 1 aliphatic heterocycles. The molecule has 0 saturated carbocycles. The van der Waals surface area contributed by atoms with E-state index in [2.05, 4.69) is 15.9 Å². The van der Waals surface area contributed by atoms with Gasteiger partial charge in [-0.25, -0.2) is 5.06 Å². The number of anilines is 1. The molecule has 1 aliphatic rings. The lowest BCUT2D eigenvalue weighted by Gasteiger charge is -2.19. The molecule has 5 nitrogen and oxygen atoms in total. The summed E-state index contributed by atoms with van der Waals surface area (Å²) in [4.78, 5) is 30.7. The number of benzene rings is 1. The Labute approximate surface area is 120 Å². The highest BCUT2D eigenvalue weighted by Crippen LogP contribution is 2.28. The predicted molar refractivity (Wildman–Crippen MR) is 74.4 cm³/mol. The van der Waals surface area contributed by atoms with Crippen molar-refractivity contribution in [2.24, 2.45) is 5.92 Å². The van der Waals surface area contributed by atoms with Gasteiger partial charge in [0, 0.05) is 23.8 Å². The first-order chi connectivity index (χ1) is 9.04. The molecule has 0 N–H and O–H groups in total. The van der Waals surface area contributed by atoms with Crippen LogP contribution >= 0.6 is 15.9 Å².